The summed E-state index contributed by atoms with van der Waals surface area (Å²) >= 11 is 0. The van der Waals surface area contributed by atoms with Crippen molar-refractivity contribution < 1.29 is 9.59 Å². The number of hydrogen-bond donors (Lipinski definition) is 1. The van der Waals surface area contributed by atoms with Gasteiger partial charge in [0.25, 0.3) is 0 Å². The summed E-state index contributed by atoms with van der Waals surface area (Å²) < 4.78 is 0. The first kappa shape index (κ1) is 22.7. The predicted molar refractivity (Wildman–Crippen MR) is 118 cm³/mol. The first-order chi connectivity index (χ1) is 13.9. The number of carbonyl (C=O) groups is 2. The monoisotopic (exact) mass is 394 g/mol. The topological polar surface area (TPSA) is 49.4 Å². The van der Waals surface area contributed by atoms with Crippen LogP contribution in [0.15, 0.2) is 54.6 Å². The van der Waals surface area contributed by atoms with Gasteiger partial charge in [-0.1, -0.05) is 75.4 Å². The summed E-state index contributed by atoms with van der Waals surface area (Å²) in [5.74, 6) is 0.321. The molecule has 1 N–H and O–H groups in total. The molecule has 29 heavy (non-hydrogen) atoms. The number of carbonyl (C=O) groups excluding carboxylic acids is 2. The van der Waals surface area contributed by atoms with Crippen LogP contribution in [0.2, 0.25) is 0 Å². The van der Waals surface area contributed by atoms with Crippen molar-refractivity contribution in [1.82, 2.24) is 10.2 Å². The second-order valence-corrected chi connectivity index (χ2v) is 8.00. The van der Waals surface area contributed by atoms with E-state index in [0.717, 1.165) is 16.7 Å². The van der Waals surface area contributed by atoms with E-state index < -0.39 is 6.04 Å². The van der Waals surface area contributed by atoms with Gasteiger partial charge in [-0.25, -0.2) is 0 Å². The van der Waals surface area contributed by atoms with E-state index in [1.165, 1.54) is 0 Å². The first-order valence-corrected chi connectivity index (χ1v) is 10.6. The van der Waals surface area contributed by atoms with Gasteiger partial charge in [0.05, 0.1) is 0 Å². The summed E-state index contributed by atoms with van der Waals surface area (Å²) in [6.45, 7) is 9.21. The van der Waals surface area contributed by atoms with Gasteiger partial charge in [-0.05, 0) is 42.4 Å². The lowest BCUT2D eigenvalue weighted by molar-refractivity contribution is -0.141. The number of nitrogens with zero attached hydrogens (tertiary/aromatic N) is 1. The predicted octanol–water partition coefficient (Wildman–Crippen LogP) is 4.51. The van der Waals surface area contributed by atoms with Crippen molar-refractivity contribution in [3.05, 3.63) is 71.3 Å². The molecule has 0 heterocycles. The second-order valence-electron chi connectivity index (χ2n) is 8.00. The quantitative estimate of drug-likeness (QED) is 0.645. The Balaban J connectivity index is 2.19. The summed E-state index contributed by atoms with van der Waals surface area (Å²) in [5.41, 5.74) is 3.34. The molecule has 0 unspecified atom stereocenters. The van der Waals surface area contributed by atoms with Gasteiger partial charge in [0.2, 0.25) is 11.8 Å². The molecule has 0 aliphatic carbocycles. The Hall–Kier alpha value is -2.62. The molecule has 4 nitrogen and oxygen atoms in total. The Labute approximate surface area is 175 Å². The lowest BCUT2D eigenvalue weighted by Crippen LogP contribution is -2.49. The fourth-order valence-electron chi connectivity index (χ4n) is 3.35. The Morgan fingerprint density at radius 2 is 1.66 bits per heavy atom. The molecule has 0 aromatic heterocycles. The van der Waals surface area contributed by atoms with E-state index in [4.69, 9.17) is 0 Å². The Kier molecular flexibility index (Phi) is 8.91. The van der Waals surface area contributed by atoms with E-state index in [1.54, 1.807) is 4.90 Å². The molecule has 4 heteroatoms. The maximum Gasteiger partial charge on any atom is 0.242 e. The third-order valence-electron chi connectivity index (χ3n) is 5.14. The van der Waals surface area contributed by atoms with Crippen LogP contribution in [-0.4, -0.2) is 29.3 Å². The third kappa shape index (κ3) is 7.04. The van der Waals surface area contributed by atoms with Crippen molar-refractivity contribution in [1.29, 1.82) is 0 Å². The largest absolute Gasteiger partial charge is 0.354 e. The zero-order chi connectivity index (χ0) is 21.2. The van der Waals surface area contributed by atoms with Crippen LogP contribution in [0.3, 0.4) is 0 Å². The number of benzene rings is 2. The van der Waals surface area contributed by atoms with Gasteiger partial charge in [0.1, 0.15) is 6.04 Å². The molecule has 0 bridgehead atoms. The Bertz CT molecular complexity index is 786. The fraction of sp³-hybridized carbons (Fsp3) is 0.440. The van der Waals surface area contributed by atoms with Gasteiger partial charge in [0, 0.05) is 19.5 Å². The molecule has 2 rings (SSSR count). The van der Waals surface area contributed by atoms with Crippen LogP contribution in [0.1, 0.15) is 50.3 Å². The van der Waals surface area contributed by atoms with Crippen LogP contribution < -0.4 is 5.32 Å². The number of nitrogens with one attached hydrogen (secondary N) is 1. The van der Waals surface area contributed by atoms with E-state index in [1.807, 2.05) is 68.4 Å². The fourth-order valence-corrected chi connectivity index (χ4v) is 3.35. The second kappa shape index (κ2) is 11.4. The van der Waals surface area contributed by atoms with Gasteiger partial charge in [-0.15, -0.1) is 0 Å². The highest BCUT2D eigenvalue weighted by molar-refractivity contribution is 5.87. The van der Waals surface area contributed by atoms with Crippen LogP contribution >= 0.6 is 0 Å². The van der Waals surface area contributed by atoms with E-state index in [9.17, 15) is 9.59 Å². The summed E-state index contributed by atoms with van der Waals surface area (Å²) in [6, 6.07) is 17.6. The Morgan fingerprint density at radius 1 is 1.00 bits per heavy atom. The van der Waals surface area contributed by atoms with Crippen molar-refractivity contribution in [3.63, 3.8) is 0 Å². The molecule has 2 aromatic rings. The highest BCUT2D eigenvalue weighted by Crippen LogP contribution is 2.17. The number of hydrogen-bond acceptors (Lipinski definition) is 2. The molecule has 0 saturated carbocycles. The lowest BCUT2D eigenvalue weighted by atomic mass is 10.0. The van der Waals surface area contributed by atoms with Gasteiger partial charge in [-0.2, -0.15) is 0 Å². The van der Waals surface area contributed by atoms with Crippen LogP contribution in [0.25, 0.3) is 0 Å². The standard InChI is InChI=1S/C25H34N2O2/c1-5-23(25(29)26-17-19(2)3)27(18-22-14-10-9-11-20(22)4)24(28)16-15-21-12-7-6-8-13-21/h6-14,19,23H,5,15-18H2,1-4H3,(H,26,29)/t23-/m1/s1. The minimum absolute atomic E-state index is 0.0173. The molecule has 2 amide bonds. The molecule has 156 valence electrons. The minimum Gasteiger partial charge on any atom is -0.354 e. The average molecular weight is 395 g/mol. The highest BCUT2D eigenvalue weighted by atomic mass is 16.2. The SMILES string of the molecule is CC[C@H](C(=O)NCC(C)C)N(Cc1ccccc1C)C(=O)CCc1ccccc1. The zero-order valence-corrected chi connectivity index (χ0v) is 18.2. The normalized spacial score (nSPS) is 11.9. The van der Waals surface area contributed by atoms with Crippen molar-refractivity contribution in [3.8, 4) is 0 Å². The molecule has 0 aliphatic rings. The van der Waals surface area contributed by atoms with E-state index in [-0.39, 0.29) is 11.8 Å². The molecule has 0 radical (unpaired) electrons. The van der Waals surface area contributed by atoms with Crippen molar-refractivity contribution in [2.24, 2.45) is 5.92 Å². The molecule has 0 spiro atoms. The van der Waals surface area contributed by atoms with Gasteiger partial charge >= 0.3 is 0 Å². The van der Waals surface area contributed by atoms with Crippen LogP contribution in [-0.2, 0) is 22.6 Å². The van der Waals surface area contributed by atoms with Gasteiger partial charge in [-0.3, -0.25) is 9.59 Å². The minimum atomic E-state index is -0.461. The summed E-state index contributed by atoms with van der Waals surface area (Å²) in [4.78, 5) is 27.9. The van der Waals surface area contributed by atoms with Crippen LogP contribution in [0, 0.1) is 12.8 Å². The molecule has 0 aliphatic heterocycles. The van der Waals surface area contributed by atoms with E-state index in [0.29, 0.717) is 38.3 Å². The van der Waals surface area contributed by atoms with Crippen molar-refractivity contribution >= 4 is 11.8 Å². The molecule has 2 aromatic carbocycles. The van der Waals surface area contributed by atoms with Crippen LogP contribution in [0.5, 0.6) is 0 Å². The molecular weight excluding hydrogens is 360 g/mol. The maximum absolute atomic E-state index is 13.2. The molecule has 1 atom stereocenters. The third-order valence-corrected chi connectivity index (χ3v) is 5.14. The van der Waals surface area contributed by atoms with E-state index in [2.05, 4.69) is 19.2 Å². The Morgan fingerprint density at radius 3 is 2.28 bits per heavy atom. The first-order valence-electron chi connectivity index (χ1n) is 10.6. The number of rotatable bonds is 10. The summed E-state index contributed by atoms with van der Waals surface area (Å²) in [7, 11) is 0. The maximum atomic E-state index is 13.2. The van der Waals surface area contributed by atoms with E-state index >= 15 is 0 Å². The van der Waals surface area contributed by atoms with Crippen LogP contribution in [0.4, 0.5) is 0 Å². The smallest absolute Gasteiger partial charge is 0.242 e. The highest BCUT2D eigenvalue weighted by Gasteiger charge is 2.28. The summed E-state index contributed by atoms with van der Waals surface area (Å²) in [5, 5.41) is 3.01. The molecule has 0 fully saturated rings. The average Bonchev–Trinajstić information content (AvgIpc) is 2.72. The number of aryl methyl sites for hydroxylation is 2. The molecular formula is C25H34N2O2. The summed E-state index contributed by atoms with van der Waals surface area (Å²) in [6.07, 6.45) is 1.66. The van der Waals surface area contributed by atoms with Crippen molar-refractivity contribution in [2.45, 2.75) is 59.5 Å². The van der Waals surface area contributed by atoms with Gasteiger partial charge in [0.15, 0.2) is 0 Å². The lowest BCUT2D eigenvalue weighted by Gasteiger charge is -2.31. The molecule has 0 saturated heterocycles. The van der Waals surface area contributed by atoms with Crippen molar-refractivity contribution in [2.75, 3.05) is 6.54 Å². The zero-order valence-electron chi connectivity index (χ0n) is 18.2. The number of amides is 2. The van der Waals surface area contributed by atoms with Gasteiger partial charge < -0.3 is 10.2 Å².